The molecule has 3 nitrogen and oxygen atoms in total. The second kappa shape index (κ2) is 4.62. The molecule has 0 aliphatic heterocycles. The average molecular weight is 214 g/mol. The van der Waals surface area contributed by atoms with E-state index in [9.17, 15) is 0 Å². The summed E-state index contributed by atoms with van der Waals surface area (Å²) in [5, 5.41) is 3.90. The second-order valence-corrected chi connectivity index (χ2v) is 4.29. The van der Waals surface area contributed by atoms with Crippen LogP contribution in [0.3, 0.4) is 0 Å². The van der Waals surface area contributed by atoms with Crippen molar-refractivity contribution < 1.29 is 0 Å². The van der Waals surface area contributed by atoms with E-state index in [0.717, 1.165) is 6.42 Å². The maximum absolute atomic E-state index is 5.97. The number of pyridine rings is 1. The van der Waals surface area contributed by atoms with Gasteiger partial charge >= 0.3 is 0 Å². The summed E-state index contributed by atoms with van der Waals surface area (Å²) in [6.07, 6.45) is 2.59. The Bertz CT molecular complexity index is 299. The molecule has 1 heterocycles. The Balaban J connectivity index is 2.73. The van der Waals surface area contributed by atoms with Gasteiger partial charge in [-0.25, -0.2) is 4.98 Å². The minimum absolute atomic E-state index is 0.0766. The highest BCUT2D eigenvalue weighted by Gasteiger charge is 2.17. The zero-order chi connectivity index (χ0) is 10.6. The lowest BCUT2D eigenvalue weighted by atomic mass is 10.0. The molecule has 0 saturated heterocycles. The summed E-state index contributed by atoms with van der Waals surface area (Å²) in [5.74, 6) is 0.715. The minimum atomic E-state index is -0.0766. The quantitative estimate of drug-likeness (QED) is 0.807. The van der Waals surface area contributed by atoms with Crippen molar-refractivity contribution in [3.05, 3.63) is 23.4 Å². The third kappa shape index (κ3) is 3.16. The zero-order valence-corrected chi connectivity index (χ0v) is 9.30. The Hall–Kier alpha value is -0.800. The SMILES string of the molecule is CC(C)(CCN)Nc1ncccc1Cl. The van der Waals surface area contributed by atoms with Crippen molar-refractivity contribution in [2.45, 2.75) is 25.8 Å². The first-order valence-corrected chi connectivity index (χ1v) is 5.02. The summed E-state index contributed by atoms with van der Waals surface area (Å²) in [6, 6.07) is 3.62. The van der Waals surface area contributed by atoms with Crippen molar-refractivity contribution in [1.29, 1.82) is 0 Å². The van der Waals surface area contributed by atoms with Gasteiger partial charge in [0, 0.05) is 11.7 Å². The highest BCUT2D eigenvalue weighted by atomic mass is 35.5. The third-order valence-corrected chi connectivity index (χ3v) is 2.29. The molecule has 14 heavy (non-hydrogen) atoms. The highest BCUT2D eigenvalue weighted by molar-refractivity contribution is 6.32. The molecule has 0 bridgehead atoms. The van der Waals surface area contributed by atoms with Crippen LogP contribution in [0.5, 0.6) is 0 Å². The molecule has 0 aliphatic carbocycles. The van der Waals surface area contributed by atoms with Crippen LogP contribution in [0.25, 0.3) is 0 Å². The number of hydrogen-bond acceptors (Lipinski definition) is 3. The Morgan fingerprint density at radius 3 is 2.86 bits per heavy atom. The maximum atomic E-state index is 5.97. The molecular formula is C10H16ClN3. The minimum Gasteiger partial charge on any atom is -0.364 e. The average Bonchev–Trinajstić information content (AvgIpc) is 2.08. The lowest BCUT2D eigenvalue weighted by Crippen LogP contribution is -2.33. The van der Waals surface area contributed by atoms with Gasteiger partial charge in [-0.05, 0) is 38.9 Å². The molecule has 0 spiro atoms. The van der Waals surface area contributed by atoms with Gasteiger partial charge in [-0.2, -0.15) is 0 Å². The molecule has 78 valence electrons. The van der Waals surface area contributed by atoms with Crippen LogP contribution < -0.4 is 11.1 Å². The topological polar surface area (TPSA) is 50.9 Å². The normalized spacial score (nSPS) is 11.4. The number of anilines is 1. The zero-order valence-electron chi connectivity index (χ0n) is 8.55. The number of halogens is 1. The van der Waals surface area contributed by atoms with E-state index >= 15 is 0 Å². The van der Waals surface area contributed by atoms with Gasteiger partial charge in [0.15, 0.2) is 0 Å². The van der Waals surface area contributed by atoms with Crippen LogP contribution in [0.4, 0.5) is 5.82 Å². The molecule has 0 fully saturated rings. The smallest absolute Gasteiger partial charge is 0.145 e. The number of rotatable bonds is 4. The van der Waals surface area contributed by atoms with Crippen LogP contribution in [-0.2, 0) is 0 Å². The fraction of sp³-hybridized carbons (Fsp3) is 0.500. The summed E-state index contributed by atoms with van der Waals surface area (Å²) < 4.78 is 0. The summed E-state index contributed by atoms with van der Waals surface area (Å²) in [5.41, 5.74) is 5.44. The molecule has 0 saturated carbocycles. The predicted molar refractivity (Wildman–Crippen MR) is 60.6 cm³/mol. The molecule has 1 aromatic rings. The van der Waals surface area contributed by atoms with E-state index in [4.69, 9.17) is 17.3 Å². The Morgan fingerprint density at radius 2 is 2.29 bits per heavy atom. The van der Waals surface area contributed by atoms with Gasteiger partial charge in [0.25, 0.3) is 0 Å². The summed E-state index contributed by atoms with van der Waals surface area (Å²) in [4.78, 5) is 4.16. The monoisotopic (exact) mass is 213 g/mol. The van der Waals surface area contributed by atoms with E-state index < -0.39 is 0 Å². The number of nitrogens with one attached hydrogen (secondary N) is 1. The Morgan fingerprint density at radius 1 is 1.57 bits per heavy atom. The Kier molecular flexibility index (Phi) is 3.72. The first-order valence-electron chi connectivity index (χ1n) is 4.64. The fourth-order valence-corrected chi connectivity index (χ4v) is 1.39. The van der Waals surface area contributed by atoms with Gasteiger partial charge in [0.05, 0.1) is 5.02 Å². The lowest BCUT2D eigenvalue weighted by Gasteiger charge is -2.26. The van der Waals surface area contributed by atoms with E-state index in [1.165, 1.54) is 0 Å². The van der Waals surface area contributed by atoms with Gasteiger partial charge in [-0.3, -0.25) is 0 Å². The van der Waals surface area contributed by atoms with E-state index in [0.29, 0.717) is 17.4 Å². The van der Waals surface area contributed by atoms with Crippen molar-refractivity contribution in [2.75, 3.05) is 11.9 Å². The number of aromatic nitrogens is 1. The van der Waals surface area contributed by atoms with Gasteiger partial charge in [0.2, 0.25) is 0 Å². The molecule has 0 atom stereocenters. The largest absolute Gasteiger partial charge is 0.364 e. The van der Waals surface area contributed by atoms with E-state index in [-0.39, 0.29) is 5.54 Å². The van der Waals surface area contributed by atoms with Crippen molar-refractivity contribution >= 4 is 17.4 Å². The van der Waals surface area contributed by atoms with E-state index in [2.05, 4.69) is 24.1 Å². The van der Waals surface area contributed by atoms with E-state index in [1.54, 1.807) is 6.20 Å². The number of hydrogen-bond donors (Lipinski definition) is 2. The molecule has 1 rings (SSSR count). The fourth-order valence-electron chi connectivity index (χ4n) is 1.22. The molecule has 3 N–H and O–H groups in total. The van der Waals surface area contributed by atoms with Crippen molar-refractivity contribution in [2.24, 2.45) is 5.73 Å². The molecule has 1 aromatic heterocycles. The lowest BCUT2D eigenvalue weighted by molar-refractivity contribution is 0.524. The number of nitrogens with zero attached hydrogens (tertiary/aromatic N) is 1. The first-order chi connectivity index (χ1) is 6.55. The molecule has 0 radical (unpaired) electrons. The predicted octanol–water partition coefficient (Wildman–Crippen LogP) is 2.27. The standard InChI is InChI=1S/C10H16ClN3/c1-10(2,5-6-12)14-9-8(11)4-3-7-13-9/h3-4,7H,5-6,12H2,1-2H3,(H,13,14). The summed E-state index contributed by atoms with van der Waals surface area (Å²) in [7, 11) is 0. The molecule has 0 aliphatic rings. The van der Waals surface area contributed by atoms with Gasteiger partial charge < -0.3 is 11.1 Å². The first kappa shape index (κ1) is 11.3. The van der Waals surface area contributed by atoms with Crippen LogP contribution >= 0.6 is 11.6 Å². The third-order valence-electron chi connectivity index (χ3n) is 1.98. The molecule has 0 unspecified atom stereocenters. The van der Waals surface area contributed by atoms with Crippen LogP contribution in [0.15, 0.2) is 18.3 Å². The van der Waals surface area contributed by atoms with Crippen LogP contribution in [0.1, 0.15) is 20.3 Å². The highest BCUT2D eigenvalue weighted by Crippen LogP contribution is 2.22. The van der Waals surface area contributed by atoms with Crippen LogP contribution in [0.2, 0.25) is 5.02 Å². The van der Waals surface area contributed by atoms with Crippen LogP contribution in [0, 0.1) is 0 Å². The number of nitrogens with two attached hydrogens (primary N) is 1. The molecule has 0 amide bonds. The van der Waals surface area contributed by atoms with Crippen molar-refractivity contribution in [3.63, 3.8) is 0 Å². The van der Waals surface area contributed by atoms with Crippen molar-refractivity contribution in [1.82, 2.24) is 4.98 Å². The van der Waals surface area contributed by atoms with Gasteiger partial charge in [0.1, 0.15) is 5.82 Å². The van der Waals surface area contributed by atoms with E-state index in [1.807, 2.05) is 12.1 Å². The van der Waals surface area contributed by atoms with Crippen molar-refractivity contribution in [3.8, 4) is 0 Å². The second-order valence-electron chi connectivity index (χ2n) is 3.88. The maximum Gasteiger partial charge on any atom is 0.145 e. The summed E-state index contributed by atoms with van der Waals surface area (Å²) >= 11 is 5.97. The summed E-state index contributed by atoms with van der Waals surface area (Å²) in [6.45, 7) is 4.79. The van der Waals surface area contributed by atoms with Gasteiger partial charge in [-0.15, -0.1) is 0 Å². The molecule has 0 aromatic carbocycles. The Labute approximate surface area is 89.7 Å². The molecular weight excluding hydrogens is 198 g/mol. The van der Waals surface area contributed by atoms with Gasteiger partial charge in [-0.1, -0.05) is 11.6 Å². The van der Waals surface area contributed by atoms with Crippen LogP contribution in [-0.4, -0.2) is 17.1 Å². The molecule has 4 heteroatoms.